The number of hydrogen-bond donors (Lipinski definition) is 1. The second-order valence-electron chi connectivity index (χ2n) is 6.02. The van der Waals surface area contributed by atoms with Crippen LogP contribution < -0.4 is 5.32 Å². The van der Waals surface area contributed by atoms with Crippen molar-refractivity contribution in [2.75, 3.05) is 6.54 Å². The van der Waals surface area contributed by atoms with Crippen molar-refractivity contribution in [3.8, 4) is 0 Å². The van der Waals surface area contributed by atoms with Gasteiger partial charge in [0, 0.05) is 31.7 Å². The quantitative estimate of drug-likeness (QED) is 0.731. The normalized spacial score (nSPS) is 14.8. The van der Waals surface area contributed by atoms with E-state index in [2.05, 4.69) is 31.4 Å². The number of aryl methyl sites for hydroxylation is 2. The Labute approximate surface area is 150 Å². The Morgan fingerprint density at radius 3 is 2.72 bits per heavy atom. The minimum Gasteiger partial charge on any atom is -0.351 e. The second-order valence-corrected chi connectivity index (χ2v) is 6.88. The van der Waals surface area contributed by atoms with Crippen molar-refractivity contribution >= 4 is 21.8 Å². The molecule has 2 aromatic heterocycles. The lowest BCUT2D eigenvalue weighted by molar-refractivity contribution is -0.141. The smallest absolute Gasteiger partial charge is 0.351 e. The van der Waals surface area contributed by atoms with Crippen LogP contribution in [0.5, 0.6) is 0 Å². The molecule has 0 aliphatic heterocycles. The van der Waals surface area contributed by atoms with E-state index in [0.29, 0.717) is 35.4 Å². The molecule has 0 bridgehead atoms. The summed E-state index contributed by atoms with van der Waals surface area (Å²) in [5, 5.41) is 10.4. The average Bonchev–Trinajstić information content (AvgIpc) is 3.19. The van der Waals surface area contributed by atoms with Gasteiger partial charge in [-0.15, -0.1) is 0 Å². The first-order valence-electron chi connectivity index (χ1n) is 7.88. The molecule has 1 saturated carbocycles. The van der Waals surface area contributed by atoms with Crippen LogP contribution >= 0.6 is 15.9 Å². The summed E-state index contributed by atoms with van der Waals surface area (Å²) in [4.78, 5) is 12.1. The summed E-state index contributed by atoms with van der Waals surface area (Å²) in [5.41, 5.74) is 0.183. The highest BCUT2D eigenvalue weighted by atomic mass is 79.9. The fourth-order valence-electron chi connectivity index (χ4n) is 2.64. The van der Waals surface area contributed by atoms with Gasteiger partial charge in [-0.25, -0.2) is 0 Å². The van der Waals surface area contributed by atoms with Crippen LogP contribution in [0.25, 0.3) is 0 Å². The summed E-state index contributed by atoms with van der Waals surface area (Å²) in [6, 6.07) is 1.14. The Morgan fingerprint density at radius 2 is 2.16 bits per heavy atom. The Hall–Kier alpha value is -1.84. The van der Waals surface area contributed by atoms with Gasteiger partial charge in [-0.2, -0.15) is 23.4 Å². The van der Waals surface area contributed by atoms with Crippen molar-refractivity contribution in [2.24, 2.45) is 7.05 Å². The standard InChI is InChI=1S/C15H17BrF3N5O/c1-23-13(10(16)8-21-23)14(25)20-5-2-6-24-11(9-3-4-9)7-12(22-24)15(17,18)19/h7-9H,2-6H2,1H3,(H,20,25). The van der Waals surface area contributed by atoms with E-state index in [1.165, 1.54) is 15.6 Å². The zero-order valence-corrected chi connectivity index (χ0v) is 15.1. The highest BCUT2D eigenvalue weighted by molar-refractivity contribution is 9.10. The van der Waals surface area contributed by atoms with Gasteiger partial charge in [-0.1, -0.05) is 0 Å². The van der Waals surface area contributed by atoms with E-state index in [9.17, 15) is 18.0 Å². The third-order valence-electron chi connectivity index (χ3n) is 4.04. The molecule has 10 heteroatoms. The van der Waals surface area contributed by atoms with Gasteiger partial charge in [0.2, 0.25) is 0 Å². The van der Waals surface area contributed by atoms with Gasteiger partial charge in [-0.05, 0) is 41.3 Å². The van der Waals surface area contributed by atoms with Crippen LogP contribution in [-0.4, -0.2) is 32.0 Å². The molecular formula is C15H17BrF3N5O. The lowest BCUT2D eigenvalue weighted by Gasteiger charge is -2.08. The van der Waals surface area contributed by atoms with Crippen LogP contribution in [-0.2, 0) is 19.8 Å². The zero-order chi connectivity index (χ0) is 18.2. The van der Waals surface area contributed by atoms with Crippen molar-refractivity contribution in [1.29, 1.82) is 0 Å². The predicted octanol–water partition coefficient (Wildman–Crippen LogP) is 3.10. The van der Waals surface area contributed by atoms with Crippen molar-refractivity contribution in [1.82, 2.24) is 24.9 Å². The molecule has 6 nitrogen and oxygen atoms in total. The van der Waals surface area contributed by atoms with Gasteiger partial charge in [0.05, 0.1) is 10.7 Å². The van der Waals surface area contributed by atoms with Crippen molar-refractivity contribution in [2.45, 2.75) is 37.9 Å². The summed E-state index contributed by atoms with van der Waals surface area (Å²) in [5.74, 6) is -0.116. The van der Waals surface area contributed by atoms with Crippen LogP contribution in [0.1, 0.15) is 47.1 Å². The van der Waals surface area contributed by atoms with Gasteiger partial charge < -0.3 is 5.32 Å². The summed E-state index contributed by atoms with van der Waals surface area (Å²) in [7, 11) is 1.66. The Morgan fingerprint density at radius 1 is 1.44 bits per heavy atom. The molecule has 25 heavy (non-hydrogen) atoms. The van der Waals surface area contributed by atoms with Gasteiger partial charge in [-0.3, -0.25) is 14.2 Å². The number of rotatable bonds is 6. The van der Waals surface area contributed by atoms with Crippen molar-refractivity contribution in [3.05, 3.63) is 33.8 Å². The highest BCUT2D eigenvalue weighted by Crippen LogP contribution is 2.42. The first-order valence-corrected chi connectivity index (χ1v) is 8.67. The molecule has 1 amide bonds. The largest absolute Gasteiger partial charge is 0.435 e. The number of carbonyl (C=O) groups is 1. The Balaban J connectivity index is 1.57. The molecule has 0 atom stereocenters. The maximum atomic E-state index is 12.8. The van der Waals surface area contributed by atoms with Crippen molar-refractivity contribution < 1.29 is 18.0 Å². The zero-order valence-electron chi connectivity index (χ0n) is 13.5. The Kier molecular flexibility index (Phi) is 4.90. The lowest BCUT2D eigenvalue weighted by atomic mass is 10.2. The molecule has 2 heterocycles. The minimum absolute atomic E-state index is 0.170. The van der Waals surface area contributed by atoms with Gasteiger partial charge in [0.15, 0.2) is 5.69 Å². The number of halogens is 4. The van der Waals surface area contributed by atoms with E-state index in [0.717, 1.165) is 18.9 Å². The van der Waals surface area contributed by atoms with Gasteiger partial charge >= 0.3 is 6.18 Å². The molecule has 2 aromatic rings. The third-order valence-corrected chi connectivity index (χ3v) is 4.62. The molecule has 1 fully saturated rings. The lowest BCUT2D eigenvalue weighted by Crippen LogP contribution is -2.27. The van der Waals surface area contributed by atoms with E-state index in [4.69, 9.17) is 0 Å². The van der Waals surface area contributed by atoms with Gasteiger partial charge in [0.1, 0.15) is 5.69 Å². The molecule has 0 aromatic carbocycles. The Bertz CT molecular complexity index is 759. The molecule has 3 rings (SSSR count). The molecule has 0 saturated heterocycles. The molecule has 1 aliphatic carbocycles. The molecule has 1 N–H and O–H groups in total. The van der Waals surface area contributed by atoms with E-state index in [-0.39, 0.29) is 11.8 Å². The van der Waals surface area contributed by atoms with Crippen LogP contribution in [0.15, 0.2) is 16.7 Å². The maximum absolute atomic E-state index is 12.8. The van der Waals surface area contributed by atoms with Crippen LogP contribution in [0.2, 0.25) is 0 Å². The molecule has 136 valence electrons. The van der Waals surface area contributed by atoms with Crippen LogP contribution in [0.3, 0.4) is 0 Å². The summed E-state index contributed by atoms with van der Waals surface area (Å²) < 4.78 is 42.0. The average molecular weight is 420 g/mol. The molecule has 0 spiro atoms. The van der Waals surface area contributed by atoms with Crippen LogP contribution in [0, 0.1) is 0 Å². The van der Waals surface area contributed by atoms with E-state index >= 15 is 0 Å². The van der Waals surface area contributed by atoms with E-state index < -0.39 is 11.9 Å². The number of nitrogens with one attached hydrogen (secondary N) is 1. The molecule has 0 unspecified atom stereocenters. The van der Waals surface area contributed by atoms with Crippen molar-refractivity contribution in [3.63, 3.8) is 0 Å². The van der Waals surface area contributed by atoms with E-state index in [1.54, 1.807) is 7.05 Å². The molecule has 1 aliphatic rings. The minimum atomic E-state index is -4.44. The van der Waals surface area contributed by atoms with Crippen LogP contribution in [0.4, 0.5) is 13.2 Å². The topological polar surface area (TPSA) is 64.7 Å². The summed E-state index contributed by atoms with van der Waals surface area (Å²) in [6.07, 6.45) is -0.628. The highest BCUT2D eigenvalue weighted by Gasteiger charge is 2.37. The summed E-state index contributed by atoms with van der Waals surface area (Å²) >= 11 is 3.25. The SMILES string of the molecule is Cn1ncc(Br)c1C(=O)NCCCn1nc(C(F)(F)F)cc1C1CC1. The fourth-order valence-corrected chi connectivity index (χ4v) is 3.17. The number of aromatic nitrogens is 4. The summed E-state index contributed by atoms with van der Waals surface area (Å²) in [6.45, 7) is 0.663. The number of hydrogen-bond acceptors (Lipinski definition) is 3. The first-order chi connectivity index (χ1) is 11.8. The fraction of sp³-hybridized carbons (Fsp3) is 0.533. The predicted molar refractivity (Wildman–Crippen MR) is 87.1 cm³/mol. The first kappa shape index (κ1) is 18.0. The number of amides is 1. The number of alkyl halides is 3. The maximum Gasteiger partial charge on any atom is 0.435 e. The molecular weight excluding hydrogens is 403 g/mol. The van der Waals surface area contributed by atoms with Gasteiger partial charge in [0.25, 0.3) is 5.91 Å². The monoisotopic (exact) mass is 419 g/mol. The number of nitrogens with zero attached hydrogens (tertiary/aromatic N) is 4. The van der Waals surface area contributed by atoms with E-state index in [1.807, 2.05) is 0 Å². The number of carbonyl (C=O) groups excluding carboxylic acids is 1. The second kappa shape index (κ2) is 6.81. The third kappa shape index (κ3) is 4.05. The molecule has 0 radical (unpaired) electrons.